The topological polar surface area (TPSA) is 6.48 Å². The van der Waals surface area contributed by atoms with E-state index in [1.54, 1.807) is 0 Å². The first-order chi connectivity index (χ1) is 15.1. The number of nitrogens with zero attached hydrogens (tertiary/aromatic N) is 3. The van der Waals surface area contributed by atoms with Crippen LogP contribution in [0.15, 0.2) is 66.9 Å². The van der Waals surface area contributed by atoms with Crippen molar-refractivity contribution < 1.29 is 4.48 Å². The second-order valence-electron chi connectivity index (χ2n) is 11.2. The molecule has 2 aliphatic heterocycles. The molecule has 0 aromatic heterocycles. The average molecular weight is 435 g/mol. The van der Waals surface area contributed by atoms with Crippen LogP contribution in [0.5, 0.6) is 0 Å². The van der Waals surface area contributed by atoms with Crippen LogP contribution >= 0.6 is 0 Å². The Morgan fingerprint density at radius 3 is 2.38 bits per heavy atom. The van der Waals surface area contributed by atoms with Crippen molar-refractivity contribution in [2.75, 3.05) is 13.6 Å². The second-order valence-corrected chi connectivity index (χ2v) is 11.2. The van der Waals surface area contributed by atoms with Crippen molar-refractivity contribution in [2.45, 2.75) is 84.3 Å². The number of benzene rings is 1. The maximum Gasteiger partial charge on any atom is 0.172 e. The Hall–Kier alpha value is -1.84. The van der Waals surface area contributed by atoms with Crippen LogP contribution in [0.2, 0.25) is 0 Å². The lowest BCUT2D eigenvalue weighted by atomic mass is 9.46. The highest BCUT2D eigenvalue weighted by Crippen LogP contribution is 2.67. The Bertz CT molecular complexity index is 900. The highest BCUT2D eigenvalue weighted by Gasteiger charge is 2.79. The van der Waals surface area contributed by atoms with E-state index in [-0.39, 0.29) is 5.54 Å². The molecule has 6 unspecified atom stereocenters. The van der Waals surface area contributed by atoms with Crippen LogP contribution < -0.4 is 0 Å². The van der Waals surface area contributed by atoms with E-state index >= 15 is 0 Å². The molecule has 0 N–H and O–H groups in total. The Balaban J connectivity index is 1.80. The van der Waals surface area contributed by atoms with Gasteiger partial charge in [0.2, 0.25) is 0 Å². The maximum atomic E-state index is 4.38. The largest absolute Gasteiger partial charge is 0.370 e. The van der Waals surface area contributed by atoms with Gasteiger partial charge in [0.25, 0.3) is 0 Å². The summed E-state index contributed by atoms with van der Waals surface area (Å²) in [5.41, 5.74) is 2.95. The minimum absolute atomic E-state index is 0.165. The van der Waals surface area contributed by atoms with Crippen molar-refractivity contribution in [2.24, 2.45) is 11.8 Å². The van der Waals surface area contributed by atoms with Crippen LogP contribution in [-0.4, -0.2) is 57.6 Å². The van der Waals surface area contributed by atoms with Crippen LogP contribution in [0.1, 0.15) is 60.2 Å². The lowest BCUT2D eigenvalue weighted by Crippen LogP contribution is -2.87. The van der Waals surface area contributed by atoms with E-state index in [1.807, 2.05) is 0 Å². The van der Waals surface area contributed by atoms with Gasteiger partial charge in [-0.3, -0.25) is 0 Å². The Morgan fingerprint density at radius 1 is 1.19 bits per heavy atom. The molecule has 2 heterocycles. The third-order valence-electron chi connectivity index (χ3n) is 8.99. The molecule has 2 saturated heterocycles. The van der Waals surface area contributed by atoms with Gasteiger partial charge in [-0.05, 0) is 54.0 Å². The molecule has 3 fully saturated rings. The minimum atomic E-state index is 0.165. The third-order valence-corrected chi connectivity index (χ3v) is 8.99. The summed E-state index contributed by atoms with van der Waals surface area (Å²) in [4.78, 5) is 5.53. The molecule has 3 heteroatoms. The Kier molecular flexibility index (Phi) is 5.96. The minimum Gasteiger partial charge on any atom is -0.370 e. The lowest BCUT2D eigenvalue weighted by Gasteiger charge is -2.74. The molecule has 3 nitrogen and oxygen atoms in total. The van der Waals surface area contributed by atoms with E-state index in [1.165, 1.54) is 17.7 Å². The number of rotatable bonds is 6. The number of piperidine rings is 1. The normalized spacial score (nSPS) is 39.6. The van der Waals surface area contributed by atoms with Crippen LogP contribution in [0.4, 0.5) is 0 Å². The molecule has 1 spiro atoms. The summed E-state index contributed by atoms with van der Waals surface area (Å²) in [5, 5.41) is 0. The molecular formula is C29H44N3+. The molecule has 4 rings (SSSR count). The highest BCUT2D eigenvalue weighted by atomic mass is 15.6. The fraction of sp³-hybridized carbons (Fsp3) is 0.586. The molecule has 7 atom stereocenters. The van der Waals surface area contributed by atoms with Crippen molar-refractivity contribution in [1.82, 2.24) is 9.80 Å². The molecular weight excluding hydrogens is 390 g/mol. The van der Waals surface area contributed by atoms with Gasteiger partial charge in [0.15, 0.2) is 6.17 Å². The molecule has 174 valence electrons. The summed E-state index contributed by atoms with van der Waals surface area (Å²) in [7, 11) is 2.50. The lowest BCUT2D eigenvalue weighted by molar-refractivity contribution is -0.954. The molecule has 0 radical (unpaired) electrons. The quantitative estimate of drug-likeness (QED) is 0.308. The molecule has 1 aliphatic carbocycles. The van der Waals surface area contributed by atoms with Gasteiger partial charge in [0.05, 0.1) is 18.6 Å². The second kappa shape index (κ2) is 8.18. The fourth-order valence-corrected chi connectivity index (χ4v) is 7.57. The van der Waals surface area contributed by atoms with Gasteiger partial charge in [-0.2, -0.15) is 0 Å². The molecule has 1 aromatic rings. The highest BCUT2D eigenvalue weighted by molar-refractivity contribution is 5.36. The Labute approximate surface area is 196 Å². The number of quaternary nitrogens is 1. The van der Waals surface area contributed by atoms with Crippen molar-refractivity contribution in [1.29, 1.82) is 0 Å². The molecule has 0 amide bonds. The van der Waals surface area contributed by atoms with Gasteiger partial charge in [-0.15, -0.1) is 6.58 Å². The summed E-state index contributed by atoms with van der Waals surface area (Å²) >= 11 is 0. The van der Waals surface area contributed by atoms with E-state index in [9.17, 15) is 0 Å². The number of likely N-dealkylation sites (tertiary alicyclic amines) is 1. The van der Waals surface area contributed by atoms with Crippen LogP contribution in [0, 0.1) is 11.8 Å². The van der Waals surface area contributed by atoms with Gasteiger partial charge >= 0.3 is 0 Å². The fourth-order valence-electron chi connectivity index (χ4n) is 7.57. The van der Waals surface area contributed by atoms with Crippen molar-refractivity contribution in [3.8, 4) is 0 Å². The first-order valence-electron chi connectivity index (χ1n) is 12.5. The van der Waals surface area contributed by atoms with Gasteiger partial charge in [0, 0.05) is 41.7 Å². The first kappa shape index (κ1) is 23.3. The third kappa shape index (κ3) is 3.00. The van der Waals surface area contributed by atoms with E-state index in [2.05, 4.69) is 127 Å². The van der Waals surface area contributed by atoms with Crippen molar-refractivity contribution in [3.63, 3.8) is 0 Å². The predicted molar refractivity (Wildman–Crippen MR) is 136 cm³/mol. The first-order valence-corrected chi connectivity index (χ1v) is 12.5. The van der Waals surface area contributed by atoms with E-state index in [4.69, 9.17) is 0 Å². The standard InChI is InChI=1S/C29H44N3/c1-10-15-22(7)18-30-23(8)26-27(30)25(11-2)29(26)19-32(9,21(5)6)28(31(29)20(3)4)24-16-13-12-14-17-24/h10-18,20-21,23,25-28H,2,19H2,1,3-9H3/q+1/b15-10-,22-18+/t23?,25?,26?,27?,28?,29?,32-/m1/s1. The number of fused-ring (bicyclic) bond motifs is 2. The summed E-state index contributed by atoms with van der Waals surface area (Å²) in [6, 6.07) is 13.4. The zero-order valence-electron chi connectivity index (χ0n) is 21.5. The summed E-state index contributed by atoms with van der Waals surface area (Å²) < 4.78 is 1.07. The maximum absolute atomic E-state index is 4.38. The van der Waals surface area contributed by atoms with Gasteiger partial charge in [0.1, 0.15) is 6.54 Å². The van der Waals surface area contributed by atoms with Crippen LogP contribution in [0.3, 0.4) is 0 Å². The van der Waals surface area contributed by atoms with Gasteiger partial charge < -0.3 is 9.38 Å². The van der Waals surface area contributed by atoms with Crippen LogP contribution in [0.25, 0.3) is 0 Å². The van der Waals surface area contributed by atoms with Gasteiger partial charge in [-0.1, -0.05) is 48.6 Å². The molecule has 32 heavy (non-hydrogen) atoms. The number of likely N-dealkylation sites (N-methyl/N-ethyl adjacent to an activating group) is 1. The van der Waals surface area contributed by atoms with Crippen molar-refractivity contribution >= 4 is 0 Å². The van der Waals surface area contributed by atoms with E-state index in [0.717, 1.165) is 4.48 Å². The summed E-state index contributed by atoms with van der Waals surface area (Å²) in [5.74, 6) is 1.15. The predicted octanol–water partition coefficient (Wildman–Crippen LogP) is 5.99. The Morgan fingerprint density at radius 2 is 1.84 bits per heavy atom. The number of hydrogen-bond donors (Lipinski definition) is 0. The summed E-state index contributed by atoms with van der Waals surface area (Å²) in [6.07, 6.45) is 9.39. The molecule has 1 aromatic carbocycles. The van der Waals surface area contributed by atoms with Crippen molar-refractivity contribution in [3.05, 3.63) is 72.5 Å². The van der Waals surface area contributed by atoms with E-state index < -0.39 is 0 Å². The zero-order valence-corrected chi connectivity index (χ0v) is 21.5. The van der Waals surface area contributed by atoms with Gasteiger partial charge in [-0.25, -0.2) is 4.90 Å². The summed E-state index contributed by atoms with van der Waals surface area (Å²) in [6.45, 7) is 21.9. The number of hydrogen-bond acceptors (Lipinski definition) is 2. The molecule has 1 saturated carbocycles. The molecule has 3 aliphatic rings. The monoisotopic (exact) mass is 434 g/mol. The average Bonchev–Trinajstić information content (AvgIpc) is 3.04. The van der Waals surface area contributed by atoms with Crippen LogP contribution in [-0.2, 0) is 0 Å². The molecule has 0 bridgehead atoms. The zero-order chi connectivity index (χ0) is 23.4. The van der Waals surface area contributed by atoms with E-state index in [0.29, 0.717) is 42.2 Å². The smallest absolute Gasteiger partial charge is 0.172 e. The number of allylic oxidation sites excluding steroid dienone is 3. The SMILES string of the molecule is C=CC1C2C(C(C)N2/C=C(C)/C=C\C)C12C[N@+](C)(C(C)C)C(c1ccccc1)N2C(C)C.